The van der Waals surface area contributed by atoms with Crippen molar-refractivity contribution in [3.63, 3.8) is 0 Å². The molecule has 31 heavy (non-hydrogen) atoms. The number of likely N-dealkylation sites (tertiary alicyclic amines) is 1. The summed E-state index contributed by atoms with van der Waals surface area (Å²) in [5, 5.41) is 2.82. The lowest BCUT2D eigenvalue weighted by Gasteiger charge is -2.38. The highest BCUT2D eigenvalue weighted by Crippen LogP contribution is 2.21. The highest BCUT2D eigenvalue weighted by Gasteiger charge is 2.35. The number of carbonyl (C=O) groups is 3. The van der Waals surface area contributed by atoms with Crippen molar-refractivity contribution in [1.82, 2.24) is 15.1 Å². The Balaban J connectivity index is 1.55. The van der Waals surface area contributed by atoms with Gasteiger partial charge in [-0.05, 0) is 30.9 Å². The molecule has 0 bridgehead atoms. The molecule has 2 saturated heterocycles. The molecule has 8 heteroatoms. The molecule has 2 fully saturated rings. The van der Waals surface area contributed by atoms with E-state index < -0.39 is 6.04 Å². The Bertz CT molecular complexity index is 749. The lowest BCUT2D eigenvalue weighted by Crippen LogP contribution is -2.56. The fraction of sp³-hybridized carbons (Fsp3) is 0.609. The summed E-state index contributed by atoms with van der Waals surface area (Å²) >= 11 is 0. The van der Waals surface area contributed by atoms with E-state index in [1.807, 2.05) is 36.9 Å². The molecular weight excluding hydrogens is 398 g/mol. The summed E-state index contributed by atoms with van der Waals surface area (Å²) in [7, 11) is 0. The van der Waals surface area contributed by atoms with Gasteiger partial charge in [0.1, 0.15) is 11.8 Å². The molecule has 0 saturated carbocycles. The fourth-order valence-corrected chi connectivity index (χ4v) is 4.01. The van der Waals surface area contributed by atoms with Crippen LogP contribution in [-0.2, 0) is 19.1 Å². The van der Waals surface area contributed by atoms with E-state index in [9.17, 15) is 14.4 Å². The second kappa shape index (κ2) is 11.1. The van der Waals surface area contributed by atoms with E-state index in [-0.39, 0.29) is 36.2 Å². The minimum atomic E-state index is -0.649. The topological polar surface area (TPSA) is 88.2 Å². The van der Waals surface area contributed by atoms with Crippen LogP contribution in [0.4, 0.5) is 0 Å². The van der Waals surface area contributed by atoms with Gasteiger partial charge >= 0.3 is 0 Å². The van der Waals surface area contributed by atoms with Crippen LogP contribution in [0, 0.1) is 11.8 Å². The highest BCUT2D eigenvalue weighted by molar-refractivity contribution is 5.89. The quantitative estimate of drug-likeness (QED) is 0.703. The van der Waals surface area contributed by atoms with E-state index in [2.05, 4.69) is 5.32 Å². The molecule has 170 valence electrons. The van der Waals surface area contributed by atoms with Gasteiger partial charge in [-0.15, -0.1) is 0 Å². The molecule has 1 N–H and O–H groups in total. The molecule has 1 aromatic rings. The average molecular weight is 432 g/mol. The molecule has 0 aromatic heterocycles. The number of hydrogen-bond donors (Lipinski definition) is 1. The first-order valence-electron chi connectivity index (χ1n) is 11.1. The Hall–Kier alpha value is -2.61. The highest BCUT2D eigenvalue weighted by atomic mass is 16.5. The van der Waals surface area contributed by atoms with E-state index in [0.717, 1.165) is 12.8 Å². The summed E-state index contributed by atoms with van der Waals surface area (Å²) in [5.41, 5.74) is 0. The van der Waals surface area contributed by atoms with Crippen molar-refractivity contribution in [2.45, 2.75) is 32.7 Å². The van der Waals surface area contributed by atoms with Crippen LogP contribution in [-0.4, -0.2) is 79.6 Å². The Labute approximate surface area is 183 Å². The van der Waals surface area contributed by atoms with Gasteiger partial charge in [0.05, 0.1) is 19.1 Å². The van der Waals surface area contributed by atoms with Crippen molar-refractivity contribution in [3.8, 4) is 5.75 Å². The molecule has 0 spiro atoms. The zero-order valence-corrected chi connectivity index (χ0v) is 18.4. The maximum absolute atomic E-state index is 13.2. The Kier molecular flexibility index (Phi) is 8.28. The van der Waals surface area contributed by atoms with Gasteiger partial charge in [0, 0.05) is 26.2 Å². The Morgan fingerprint density at radius 3 is 2.48 bits per heavy atom. The number of nitrogens with zero attached hydrogens (tertiary/aromatic N) is 2. The predicted octanol–water partition coefficient (Wildman–Crippen LogP) is 1.30. The minimum Gasteiger partial charge on any atom is -0.484 e. The maximum atomic E-state index is 13.2. The van der Waals surface area contributed by atoms with Crippen molar-refractivity contribution >= 4 is 17.7 Å². The molecule has 2 aliphatic heterocycles. The van der Waals surface area contributed by atoms with Crippen molar-refractivity contribution in [2.75, 3.05) is 46.0 Å². The SMILES string of the molecule is CC(C)C(NC(=O)COc1ccccc1)C(=O)N1CCCC(C(=O)N2CCOCC2)C1. The van der Waals surface area contributed by atoms with Crippen LogP contribution in [0.1, 0.15) is 26.7 Å². The van der Waals surface area contributed by atoms with E-state index in [0.29, 0.717) is 45.1 Å². The zero-order chi connectivity index (χ0) is 22.2. The molecule has 0 aliphatic carbocycles. The summed E-state index contributed by atoms with van der Waals surface area (Å²) in [5.74, 6) is -0.0478. The average Bonchev–Trinajstić information content (AvgIpc) is 2.81. The van der Waals surface area contributed by atoms with Crippen LogP contribution in [0.5, 0.6) is 5.75 Å². The van der Waals surface area contributed by atoms with Gasteiger partial charge in [-0.25, -0.2) is 0 Å². The van der Waals surface area contributed by atoms with Crippen LogP contribution in [0.2, 0.25) is 0 Å². The van der Waals surface area contributed by atoms with E-state index in [1.165, 1.54) is 0 Å². The first-order valence-corrected chi connectivity index (χ1v) is 11.1. The second-order valence-electron chi connectivity index (χ2n) is 8.45. The van der Waals surface area contributed by atoms with E-state index >= 15 is 0 Å². The first-order chi connectivity index (χ1) is 15.0. The predicted molar refractivity (Wildman–Crippen MR) is 115 cm³/mol. The third-order valence-electron chi connectivity index (χ3n) is 5.77. The summed E-state index contributed by atoms with van der Waals surface area (Å²) in [6, 6.07) is 8.44. The second-order valence-corrected chi connectivity index (χ2v) is 8.45. The van der Waals surface area contributed by atoms with Gasteiger partial charge in [0.2, 0.25) is 11.8 Å². The molecule has 1 aromatic carbocycles. The summed E-state index contributed by atoms with van der Waals surface area (Å²) in [4.78, 5) is 42.1. The van der Waals surface area contributed by atoms with E-state index in [1.54, 1.807) is 17.0 Å². The molecule has 2 heterocycles. The van der Waals surface area contributed by atoms with Gasteiger partial charge in [-0.1, -0.05) is 32.0 Å². The summed E-state index contributed by atoms with van der Waals surface area (Å²) in [6.07, 6.45) is 1.56. The molecule has 2 aliphatic rings. The van der Waals surface area contributed by atoms with Gasteiger partial charge in [-0.2, -0.15) is 0 Å². The van der Waals surface area contributed by atoms with E-state index in [4.69, 9.17) is 9.47 Å². The fourth-order valence-electron chi connectivity index (χ4n) is 4.01. The number of carbonyl (C=O) groups excluding carboxylic acids is 3. The van der Waals surface area contributed by atoms with Crippen LogP contribution in [0.15, 0.2) is 30.3 Å². The first kappa shape index (κ1) is 23.1. The Morgan fingerprint density at radius 1 is 1.10 bits per heavy atom. The van der Waals surface area contributed by atoms with Crippen molar-refractivity contribution in [1.29, 1.82) is 0 Å². The molecule has 8 nitrogen and oxygen atoms in total. The third kappa shape index (κ3) is 6.43. The van der Waals surface area contributed by atoms with Crippen molar-refractivity contribution in [3.05, 3.63) is 30.3 Å². The lowest BCUT2D eigenvalue weighted by atomic mass is 9.94. The van der Waals surface area contributed by atoms with Crippen molar-refractivity contribution < 1.29 is 23.9 Å². The monoisotopic (exact) mass is 431 g/mol. The van der Waals surface area contributed by atoms with Crippen LogP contribution in [0.25, 0.3) is 0 Å². The van der Waals surface area contributed by atoms with Gasteiger partial charge < -0.3 is 24.6 Å². The van der Waals surface area contributed by atoms with Crippen molar-refractivity contribution in [2.24, 2.45) is 11.8 Å². The summed E-state index contributed by atoms with van der Waals surface area (Å²) in [6.45, 7) is 6.99. The number of piperidine rings is 1. The van der Waals surface area contributed by atoms with Crippen LogP contribution in [0.3, 0.4) is 0 Å². The van der Waals surface area contributed by atoms with Crippen LogP contribution >= 0.6 is 0 Å². The number of benzene rings is 1. The Morgan fingerprint density at radius 2 is 1.81 bits per heavy atom. The zero-order valence-electron chi connectivity index (χ0n) is 18.4. The number of rotatable bonds is 7. The normalized spacial score (nSPS) is 20.3. The van der Waals surface area contributed by atoms with Gasteiger partial charge in [-0.3, -0.25) is 14.4 Å². The number of nitrogens with one attached hydrogen (secondary N) is 1. The summed E-state index contributed by atoms with van der Waals surface area (Å²) < 4.78 is 10.8. The standard InChI is InChI=1S/C23H33N3O5/c1-17(2)21(24-20(27)16-31-19-8-4-3-5-9-19)23(29)26-10-6-7-18(15-26)22(28)25-11-13-30-14-12-25/h3-5,8-9,17-18,21H,6-7,10-16H2,1-2H3,(H,24,27). The largest absolute Gasteiger partial charge is 0.484 e. The number of amides is 3. The minimum absolute atomic E-state index is 0.0801. The number of hydrogen-bond acceptors (Lipinski definition) is 5. The van der Waals surface area contributed by atoms with Gasteiger partial charge in [0.25, 0.3) is 5.91 Å². The maximum Gasteiger partial charge on any atom is 0.258 e. The molecule has 3 amide bonds. The number of ether oxygens (including phenoxy) is 2. The molecule has 2 unspecified atom stereocenters. The smallest absolute Gasteiger partial charge is 0.258 e. The molecular formula is C23H33N3O5. The number of para-hydroxylation sites is 1. The van der Waals surface area contributed by atoms with Crippen LogP contribution < -0.4 is 10.1 Å². The lowest BCUT2D eigenvalue weighted by molar-refractivity contribution is -0.146. The number of morpholine rings is 1. The molecule has 3 rings (SSSR count). The van der Waals surface area contributed by atoms with Gasteiger partial charge in [0.15, 0.2) is 6.61 Å². The third-order valence-corrected chi connectivity index (χ3v) is 5.77. The molecule has 0 radical (unpaired) electrons. The molecule has 2 atom stereocenters.